The highest BCUT2D eigenvalue weighted by Crippen LogP contribution is 2.28. The lowest BCUT2D eigenvalue weighted by Gasteiger charge is -2.27. The predicted molar refractivity (Wildman–Crippen MR) is 87.6 cm³/mol. The molecule has 20 heavy (non-hydrogen) atoms. The molecule has 0 amide bonds. The highest BCUT2D eigenvalue weighted by atomic mass is 79.9. The Morgan fingerprint density at radius 2 is 2.15 bits per heavy atom. The fourth-order valence-electron chi connectivity index (χ4n) is 2.72. The molecule has 1 N–H and O–H groups in total. The Kier molecular flexibility index (Phi) is 3.99. The van der Waals surface area contributed by atoms with Gasteiger partial charge < -0.3 is 5.32 Å². The maximum Gasteiger partial charge on any atom is 0.152 e. The van der Waals surface area contributed by atoms with Gasteiger partial charge in [-0.15, -0.1) is 0 Å². The fraction of sp³-hybridized carbons (Fsp3) is 0.312. The van der Waals surface area contributed by atoms with Crippen LogP contribution < -0.4 is 5.32 Å². The van der Waals surface area contributed by atoms with Crippen LogP contribution in [0.15, 0.2) is 34.9 Å². The molecule has 0 saturated carbocycles. The van der Waals surface area contributed by atoms with Crippen molar-refractivity contribution in [1.82, 2.24) is 4.98 Å². The zero-order chi connectivity index (χ0) is 14.1. The summed E-state index contributed by atoms with van der Waals surface area (Å²) in [5.74, 6) is 0. The molecule has 0 spiro atoms. The molecule has 1 aliphatic rings. The largest absolute Gasteiger partial charge is 0.379 e. The van der Waals surface area contributed by atoms with E-state index in [4.69, 9.17) is 11.6 Å². The van der Waals surface area contributed by atoms with Crippen molar-refractivity contribution < 1.29 is 0 Å². The van der Waals surface area contributed by atoms with Crippen molar-refractivity contribution in [1.29, 1.82) is 0 Å². The lowest BCUT2D eigenvalue weighted by atomic mass is 9.88. The van der Waals surface area contributed by atoms with E-state index >= 15 is 0 Å². The maximum absolute atomic E-state index is 6.16. The van der Waals surface area contributed by atoms with Crippen LogP contribution in [0.1, 0.15) is 23.1 Å². The van der Waals surface area contributed by atoms with E-state index in [-0.39, 0.29) is 0 Å². The van der Waals surface area contributed by atoms with Gasteiger partial charge in [0.1, 0.15) is 0 Å². The molecule has 0 radical (unpaired) electrons. The van der Waals surface area contributed by atoms with Crippen LogP contribution in [0.2, 0.25) is 5.15 Å². The van der Waals surface area contributed by atoms with Gasteiger partial charge in [-0.2, -0.15) is 0 Å². The third-order valence-corrected chi connectivity index (χ3v) is 4.53. The van der Waals surface area contributed by atoms with Gasteiger partial charge in [-0.3, -0.25) is 0 Å². The van der Waals surface area contributed by atoms with Crippen LogP contribution in [-0.4, -0.2) is 11.0 Å². The summed E-state index contributed by atoms with van der Waals surface area (Å²) in [6, 6.07) is 9.04. The quantitative estimate of drug-likeness (QED) is 0.788. The van der Waals surface area contributed by atoms with E-state index in [0.717, 1.165) is 35.0 Å². The molecular formula is C16H16BrClN2. The van der Waals surface area contributed by atoms with Gasteiger partial charge in [0.05, 0.1) is 5.69 Å². The molecule has 4 heteroatoms. The highest BCUT2D eigenvalue weighted by molar-refractivity contribution is 9.10. The number of pyridine rings is 1. The highest BCUT2D eigenvalue weighted by Gasteiger charge is 2.19. The van der Waals surface area contributed by atoms with E-state index in [9.17, 15) is 0 Å². The van der Waals surface area contributed by atoms with Gasteiger partial charge >= 0.3 is 0 Å². The zero-order valence-electron chi connectivity index (χ0n) is 11.3. The third kappa shape index (κ3) is 2.99. The molecule has 104 valence electrons. The number of aryl methyl sites for hydroxylation is 2. The molecule has 0 saturated heterocycles. The smallest absolute Gasteiger partial charge is 0.152 e. The SMILES string of the molecule is Cc1cnc(Cl)c(NC2CCc3cc(Br)ccc3C2)c1. The number of anilines is 1. The number of halogens is 2. The lowest BCUT2D eigenvalue weighted by molar-refractivity contribution is 0.610. The lowest BCUT2D eigenvalue weighted by Crippen LogP contribution is -2.27. The molecule has 0 aliphatic heterocycles. The van der Waals surface area contributed by atoms with Crippen molar-refractivity contribution in [3.63, 3.8) is 0 Å². The number of fused-ring (bicyclic) bond motifs is 1. The van der Waals surface area contributed by atoms with E-state index in [1.807, 2.05) is 6.92 Å². The number of hydrogen-bond acceptors (Lipinski definition) is 2. The van der Waals surface area contributed by atoms with Crippen LogP contribution in [0.5, 0.6) is 0 Å². The first kappa shape index (κ1) is 13.9. The molecule has 2 nitrogen and oxygen atoms in total. The van der Waals surface area contributed by atoms with Crippen LogP contribution in [-0.2, 0) is 12.8 Å². The second-order valence-electron chi connectivity index (χ2n) is 5.35. The summed E-state index contributed by atoms with van der Waals surface area (Å²) < 4.78 is 1.16. The van der Waals surface area contributed by atoms with Crippen LogP contribution in [0, 0.1) is 6.92 Å². The van der Waals surface area contributed by atoms with Crippen LogP contribution >= 0.6 is 27.5 Å². The van der Waals surface area contributed by atoms with Crippen LogP contribution in [0.25, 0.3) is 0 Å². The Morgan fingerprint density at radius 1 is 1.30 bits per heavy atom. The molecule has 1 unspecified atom stereocenters. The van der Waals surface area contributed by atoms with Gasteiger partial charge in [0.25, 0.3) is 0 Å². The van der Waals surface area contributed by atoms with Gasteiger partial charge in [0.15, 0.2) is 5.15 Å². The normalized spacial score (nSPS) is 17.6. The van der Waals surface area contributed by atoms with E-state index in [2.05, 4.69) is 50.5 Å². The van der Waals surface area contributed by atoms with Crippen molar-refractivity contribution in [3.05, 3.63) is 56.8 Å². The Morgan fingerprint density at radius 3 is 3.00 bits per heavy atom. The molecule has 1 aromatic carbocycles. The first-order valence-electron chi connectivity index (χ1n) is 6.78. The third-order valence-electron chi connectivity index (χ3n) is 3.73. The predicted octanol–water partition coefficient (Wildman–Crippen LogP) is 4.78. The zero-order valence-corrected chi connectivity index (χ0v) is 13.6. The topological polar surface area (TPSA) is 24.9 Å². The summed E-state index contributed by atoms with van der Waals surface area (Å²) in [5, 5.41) is 4.09. The number of hydrogen-bond donors (Lipinski definition) is 1. The standard InChI is InChI=1S/C16H16BrClN2/c1-10-6-15(16(18)19-9-10)20-14-5-3-11-7-13(17)4-2-12(11)8-14/h2,4,6-7,9,14,20H,3,5,8H2,1H3. The van der Waals surface area contributed by atoms with Crippen molar-refractivity contribution >= 4 is 33.2 Å². The Hall–Kier alpha value is -1.06. The summed E-state index contributed by atoms with van der Waals surface area (Å²) >= 11 is 9.69. The first-order chi connectivity index (χ1) is 9.61. The molecule has 1 aromatic heterocycles. The molecular weight excluding hydrogens is 336 g/mol. The second kappa shape index (κ2) is 5.74. The Bertz CT molecular complexity index is 642. The van der Waals surface area contributed by atoms with E-state index in [1.165, 1.54) is 11.1 Å². The summed E-state index contributed by atoms with van der Waals surface area (Å²) in [6.45, 7) is 2.03. The molecule has 2 aromatic rings. The number of nitrogens with zero attached hydrogens (tertiary/aromatic N) is 1. The minimum atomic E-state index is 0.421. The maximum atomic E-state index is 6.16. The van der Waals surface area contributed by atoms with Gasteiger partial charge in [-0.05, 0) is 61.1 Å². The summed E-state index contributed by atoms with van der Waals surface area (Å²) in [5.41, 5.74) is 4.94. The number of aromatic nitrogens is 1. The van der Waals surface area contributed by atoms with E-state index in [0.29, 0.717) is 11.2 Å². The molecule has 0 bridgehead atoms. The number of rotatable bonds is 2. The Balaban J connectivity index is 1.77. The first-order valence-corrected chi connectivity index (χ1v) is 7.95. The molecule has 1 heterocycles. The average molecular weight is 352 g/mol. The average Bonchev–Trinajstić information content (AvgIpc) is 2.43. The monoisotopic (exact) mass is 350 g/mol. The van der Waals surface area contributed by atoms with Crippen LogP contribution in [0.3, 0.4) is 0 Å². The minimum Gasteiger partial charge on any atom is -0.379 e. The van der Waals surface area contributed by atoms with Crippen LogP contribution in [0.4, 0.5) is 5.69 Å². The molecule has 1 aliphatic carbocycles. The second-order valence-corrected chi connectivity index (χ2v) is 6.62. The number of benzene rings is 1. The van der Waals surface area contributed by atoms with E-state index in [1.54, 1.807) is 6.20 Å². The van der Waals surface area contributed by atoms with E-state index < -0.39 is 0 Å². The number of nitrogens with one attached hydrogen (secondary N) is 1. The minimum absolute atomic E-state index is 0.421. The molecule has 1 atom stereocenters. The van der Waals surface area contributed by atoms with Crippen molar-refractivity contribution in [3.8, 4) is 0 Å². The summed E-state index contributed by atoms with van der Waals surface area (Å²) in [4.78, 5) is 4.20. The summed E-state index contributed by atoms with van der Waals surface area (Å²) in [6.07, 6.45) is 5.05. The van der Waals surface area contributed by atoms with Crippen molar-refractivity contribution in [2.24, 2.45) is 0 Å². The fourth-order valence-corrected chi connectivity index (χ4v) is 3.29. The van der Waals surface area contributed by atoms with Crippen molar-refractivity contribution in [2.75, 3.05) is 5.32 Å². The van der Waals surface area contributed by atoms with Crippen molar-refractivity contribution in [2.45, 2.75) is 32.2 Å². The molecule has 3 rings (SSSR count). The van der Waals surface area contributed by atoms with Gasteiger partial charge in [0.2, 0.25) is 0 Å². The van der Waals surface area contributed by atoms with Gasteiger partial charge in [0, 0.05) is 16.7 Å². The molecule has 0 fully saturated rings. The Labute approximate surface area is 132 Å². The summed E-state index contributed by atoms with van der Waals surface area (Å²) in [7, 11) is 0. The van der Waals surface area contributed by atoms with Gasteiger partial charge in [-0.25, -0.2) is 4.98 Å². The van der Waals surface area contributed by atoms with Gasteiger partial charge in [-0.1, -0.05) is 33.6 Å².